The van der Waals surface area contributed by atoms with Gasteiger partial charge in [-0.3, -0.25) is 4.79 Å². The molecule has 5 heteroatoms. The molecule has 0 saturated carbocycles. The molecule has 0 saturated heterocycles. The van der Waals surface area contributed by atoms with Gasteiger partial charge in [0, 0.05) is 24.9 Å². The maximum atomic E-state index is 12.2. The van der Waals surface area contributed by atoms with Crippen LogP contribution in [0.2, 0.25) is 0 Å². The fourth-order valence-corrected chi connectivity index (χ4v) is 2.09. The summed E-state index contributed by atoms with van der Waals surface area (Å²) in [6.07, 6.45) is 4.16. The highest BCUT2D eigenvalue weighted by Gasteiger charge is 2.34. The molecule has 1 rings (SSSR count). The van der Waals surface area contributed by atoms with Gasteiger partial charge in [0.2, 0.25) is 5.91 Å². The summed E-state index contributed by atoms with van der Waals surface area (Å²) in [5.41, 5.74) is -0.390. The third-order valence-electron chi connectivity index (χ3n) is 3.31. The van der Waals surface area contributed by atoms with Crippen molar-refractivity contribution < 1.29 is 14.3 Å². The Morgan fingerprint density at radius 1 is 1.24 bits per heavy atom. The Kier molecular flexibility index (Phi) is 6.00. The van der Waals surface area contributed by atoms with E-state index >= 15 is 0 Å². The van der Waals surface area contributed by atoms with Crippen LogP contribution in [0.1, 0.15) is 47.1 Å². The molecule has 0 aliphatic carbocycles. The summed E-state index contributed by atoms with van der Waals surface area (Å²) in [5.74, 6) is -0.531. The first-order valence-electron chi connectivity index (χ1n) is 7.34. The summed E-state index contributed by atoms with van der Waals surface area (Å²) in [7, 11) is 0. The molecule has 0 aliphatic rings. The fourth-order valence-electron chi connectivity index (χ4n) is 2.09. The third-order valence-corrected chi connectivity index (χ3v) is 3.31. The highest BCUT2D eigenvalue weighted by atomic mass is 16.5. The number of rotatable bonds is 6. The second kappa shape index (κ2) is 7.29. The minimum atomic E-state index is -0.637. The van der Waals surface area contributed by atoms with Gasteiger partial charge >= 0.3 is 5.97 Å². The molecule has 2 atom stereocenters. The van der Waals surface area contributed by atoms with Crippen molar-refractivity contribution in [3.05, 3.63) is 24.5 Å². The van der Waals surface area contributed by atoms with Gasteiger partial charge in [-0.15, -0.1) is 0 Å². The molecular formula is C16H26N2O3. The van der Waals surface area contributed by atoms with Gasteiger partial charge in [-0.05, 0) is 31.4 Å². The van der Waals surface area contributed by atoms with Crippen LogP contribution in [0.4, 0.5) is 0 Å². The van der Waals surface area contributed by atoms with Crippen molar-refractivity contribution in [1.82, 2.24) is 9.88 Å². The summed E-state index contributed by atoms with van der Waals surface area (Å²) >= 11 is 0. The number of aromatic nitrogens is 1. The molecule has 1 heterocycles. The Morgan fingerprint density at radius 3 is 2.29 bits per heavy atom. The van der Waals surface area contributed by atoms with Crippen LogP contribution in [-0.4, -0.2) is 29.1 Å². The highest BCUT2D eigenvalue weighted by molar-refractivity contribution is 5.85. The lowest BCUT2D eigenvalue weighted by Crippen LogP contribution is -2.50. The molecular weight excluding hydrogens is 268 g/mol. The van der Waals surface area contributed by atoms with Gasteiger partial charge in [-0.2, -0.15) is 0 Å². The van der Waals surface area contributed by atoms with Crippen molar-refractivity contribution >= 4 is 11.9 Å². The van der Waals surface area contributed by atoms with Crippen LogP contribution in [-0.2, 0) is 14.3 Å². The number of amides is 1. The predicted octanol–water partition coefficient (Wildman–Crippen LogP) is 2.53. The number of hydrogen-bond acceptors (Lipinski definition) is 3. The average molecular weight is 294 g/mol. The van der Waals surface area contributed by atoms with Crippen molar-refractivity contribution in [2.75, 3.05) is 6.61 Å². The fraction of sp³-hybridized carbons (Fsp3) is 0.625. The maximum absolute atomic E-state index is 12.2. The van der Waals surface area contributed by atoms with Crippen molar-refractivity contribution in [2.24, 2.45) is 5.41 Å². The van der Waals surface area contributed by atoms with Crippen LogP contribution in [0.15, 0.2) is 24.5 Å². The molecule has 21 heavy (non-hydrogen) atoms. The van der Waals surface area contributed by atoms with E-state index < -0.39 is 11.5 Å². The smallest absolute Gasteiger partial charge is 0.329 e. The van der Waals surface area contributed by atoms with Gasteiger partial charge in [0.25, 0.3) is 0 Å². The molecule has 0 aliphatic heterocycles. The van der Waals surface area contributed by atoms with Gasteiger partial charge in [0.1, 0.15) is 6.04 Å². The summed E-state index contributed by atoms with van der Waals surface area (Å²) in [6, 6.07) is 3.25. The van der Waals surface area contributed by atoms with Crippen LogP contribution in [0, 0.1) is 5.41 Å². The number of hydrogen-bond donors (Lipinski definition) is 1. The van der Waals surface area contributed by atoms with Gasteiger partial charge in [-0.1, -0.05) is 20.8 Å². The van der Waals surface area contributed by atoms with Gasteiger partial charge in [0.15, 0.2) is 0 Å². The minimum absolute atomic E-state index is 0.0443. The predicted molar refractivity (Wildman–Crippen MR) is 81.8 cm³/mol. The Labute approximate surface area is 126 Å². The standard InChI is InChI=1S/C16H26N2O3/c1-6-21-15(20)14(16(3,4)5)17-13(19)11-12(2)18-9-7-8-10-18/h7-10,12,14H,6,11H2,1-5H3,(H,17,19)/t12-,14-/m1/s1. The largest absolute Gasteiger partial charge is 0.464 e. The Hall–Kier alpha value is -1.78. The number of esters is 1. The molecule has 1 amide bonds. The number of carbonyl (C=O) groups is 2. The second-order valence-corrected chi connectivity index (χ2v) is 6.30. The Morgan fingerprint density at radius 2 is 1.81 bits per heavy atom. The quantitative estimate of drug-likeness (QED) is 0.820. The monoisotopic (exact) mass is 294 g/mol. The summed E-state index contributed by atoms with van der Waals surface area (Å²) < 4.78 is 7.02. The van der Waals surface area contributed by atoms with E-state index in [0.717, 1.165) is 0 Å². The first-order chi connectivity index (χ1) is 9.75. The SMILES string of the molecule is CCOC(=O)[C@@H](NC(=O)C[C@@H](C)n1cccc1)C(C)(C)C. The second-order valence-electron chi connectivity index (χ2n) is 6.30. The van der Waals surface area contributed by atoms with E-state index in [-0.39, 0.29) is 17.9 Å². The maximum Gasteiger partial charge on any atom is 0.329 e. The first kappa shape index (κ1) is 17.3. The van der Waals surface area contributed by atoms with Crippen LogP contribution < -0.4 is 5.32 Å². The first-order valence-corrected chi connectivity index (χ1v) is 7.34. The molecule has 5 nitrogen and oxygen atoms in total. The summed E-state index contributed by atoms with van der Waals surface area (Å²) in [4.78, 5) is 24.2. The van der Waals surface area contributed by atoms with Gasteiger partial charge in [-0.25, -0.2) is 4.79 Å². The highest BCUT2D eigenvalue weighted by Crippen LogP contribution is 2.21. The number of nitrogens with one attached hydrogen (secondary N) is 1. The third kappa shape index (κ3) is 5.25. The molecule has 1 aromatic heterocycles. The van der Waals surface area contributed by atoms with E-state index in [4.69, 9.17) is 4.74 Å². The molecule has 1 aromatic rings. The van der Waals surface area contributed by atoms with E-state index in [1.54, 1.807) is 6.92 Å². The van der Waals surface area contributed by atoms with E-state index in [1.807, 2.05) is 56.8 Å². The van der Waals surface area contributed by atoms with E-state index in [2.05, 4.69) is 5.32 Å². The lowest BCUT2D eigenvalue weighted by molar-refractivity contribution is -0.150. The zero-order chi connectivity index (χ0) is 16.0. The summed E-state index contributed by atoms with van der Waals surface area (Å²) in [5, 5.41) is 2.81. The lowest BCUT2D eigenvalue weighted by Gasteiger charge is -2.29. The van der Waals surface area contributed by atoms with Crippen LogP contribution in [0.25, 0.3) is 0 Å². The van der Waals surface area contributed by atoms with Crippen LogP contribution in [0.5, 0.6) is 0 Å². The van der Waals surface area contributed by atoms with Crippen molar-refractivity contribution in [3.8, 4) is 0 Å². The Balaban J connectivity index is 2.66. The zero-order valence-electron chi connectivity index (χ0n) is 13.6. The molecule has 0 unspecified atom stereocenters. The van der Waals surface area contributed by atoms with Crippen molar-refractivity contribution in [3.63, 3.8) is 0 Å². The molecule has 1 N–H and O–H groups in total. The molecule has 0 fully saturated rings. The van der Waals surface area contributed by atoms with Gasteiger partial charge < -0.3 is 14.6 Å². The molecule has 118 valence electrons. The molecule has 0 aromatic carbocycles. The topological polar surface area (TPSA) is 60.3 Å². The number of nitrogens with zero attached hydrogens (tertiary/aromatic N) is 1. The number of ether oxygens (including phenoxy) is 1. The normalized spacial score (nSPS) is 14.3. The molecule has 0 bridgehead atoms. The van der Waals surface area contributed by atoms with E-state index in [9.17, 15) is 9.59 Å². The number of carbonyl (C=O) groups excluding carboxylic acids is 2. The van der Waals surface area contributed by atoms with Crippen LogP contribution in [0.3, 0.4) is 0 Å². The van der Waals surface area contributed by atoms with Gasteiger partial charge in [0.05, 0.1) is 6.61 Å². The van der Waals surface area contributed by atoms with E-state index in [1.165, 1.54) is 0 Å². The zero-order valence-corrected chi connectivity index (χ0v) is 13.6. The minimum Gasteiger partial charge on any atom is -0.464 e. The Bertz CT molecular complexity index is 460. The average Bonchev–Trinajstić information content (AvgIpc) is 2.88. The molecule has 0 spiro atoms. The van der Waals surface area contributed by atoms with Crippen LogP contribution >= 0.6 is 0 Å². The molecule has 0 radical (unpaired) electrons. The van der Waals surface area contributed by atoms with E-state index in [0.29, 0.717) is 13.0 Å². The van der Waals surface area contributed by atoms with Crippen molar-refractivity contribution in [2.45, 2.75) is 53.1 Å². The lowest BCUT2D eigenvalue weighted by atomic mass is 9.86. The summed E-state index contributed by atoms with van der Waals surface area (Å²) in [6.45, 7) is 9.75. The van der Waals surface area contributed by atoms with Crippen molar-refractivity contribution in [1.29, 1.82) is 0 Å².